The molecule has 4 aliphatic rings. The van der Waals surface area contributed by atoms with Crippen LogP contribution in [0.5, 0.6) is 0 Å². The summed E-state index contributed by atoms with van der Waals surface area (Å²) in [6.45, 7) is 12.9. The molecule has 0 aliphatic heterocycles. The maximum Gasteiger partial charge on any atom is 0.0657 e. The Bertz CT molecular complexity index is 649. The molecular formula is C28H48O2. The van der Waals surface area contributed by atoms with E-state index in [0.29, 0.717) is 5.41 Å². The fourth-order valence-electron chi connectivity index (χ4n) is 8.91. The van der Waals surface area contributed by atoms with Crippen LogP contribution in [0.15, 0.2) is 11.6 Å². The fourth-order valence-corrected chi connectivity index (χ4v) is 8.91. The predicted molar refractivity (Wildman–Crippen MR) is 125 cm³/mol. The first kappa shape index (κ1) is 22.8. The van der Waals surface area contributed by atoms with Crippen molar-refractivity contribution >= 4 is 0 Å². The van der Waals surface area contributed by atoms with E-state index in [1.807, 2.05) is 14.0 Å². The normalized spacial score (nSPS) is 46.7. The molecule has 172 valence electrons. The minimum Gasteiger partial charge on any atom is -0.390 e. The van der Waals surface area contributed by atoms with Crippen molar-refractivity contribution in [3.63, 3.8) is 0 Å². The number of fused-ring (bicyclic) bond motifs is 5. The van der Waals surface area contributed by atoms with Crippen molar-refractivity contribution < 1.29 is 9.84 Å². The summed E-state index contributed by atoms with van der Waals surface area (Å²) in [6, 6.07) is 0. The van der Waals surface area contributed by atoms with Gasteiger partial charge in [0.05, 0.1) is 12.2 Å². The van der Waals surface area contributed by atoms with E-state index in [1.54, 1.807) is 0 Å². The lowest BCUT2D eigenvalue weighted by Crippen LogP contribution is -2.54. The average Bonchev–Trinajstić information content (AvgIpc) is 3.03. The number of hydrogen-bond acceptors (Lipinski definition) is 2. The van der Waals surface area contributed by atoms with E-state index in [1.165, 1.54) is 50.5 Å². The van der Waals surface area contributed by atoms with Gasteiger partial charge in [-0.3, -0.25) is 0 Å². The largest absolute Gasteiger partial charge is 0.390 e. The van der Waals surface area contributed by atoms with Crippen molar-refractivity contribution in [1.82, 2.24) is 0 Å². The summed E-state index contributed by atoms with van der Waals surface area (Å²) in [7, 11) is 1.89. The Balaban J connectivity index is 1.58. The van der Waals surface area contributed by atoms with Crippen molar-refractivity contribution in [3.05, 3.63) is 11.6 Å². The molecular weight excluding hydrogens is 368 g/mol. The molecule has 1 N–H and O–H groups in total. The molecule has 0 aromatic carbocycles. The van der Waals surface area contributed by atoms with Gasteiger partial charge < -0.3 is 9.84 Å². The molecule has 0 aromatic heterocycles. The molecule has 0 heterocycles. The highest BCUT2D eigenvalue weighted by molar-refractivity contribution is 5.28. The molecule has 0 spiro atoms. The smallest absolute Gasteiger partial charge is 0.0657 e. The number of hydrogen-bond donors (Lipinski definition) is 1. The molecule has 3 saturated carbocycles. The van der Waals surface area contributed by atoms with Gasteiger partial charge in [-0.05, 0) is 99.2 Å². The number of allylic oxidation sites excluding steroid dienone is 1. The minimum atomic E-state index is -0.524. The van der Waals surface area contributed by atoms with Crippen LogP contribution in [-0.2, 0) is 4.74 Å². The highest BCUT2D eigenvalue weighted by atomic mass is 16.5. The molecule has 30 heavy (non-hydrogen) atoms. The van der Waals surface area contributed by atoms with Gasteiger partial charge in [0.25, 0.3) is 0 Å². The average molecular weight is 417 g/mol. The summed E-state index contributed by atoms with van der Waals surface area (Å²) in [6.07, 6.45) is 15.2. The molecule has 2 nitrogen and oxygen atoms in total. The third kappa shape index (κ3) is 3.72. The van der Waals surface area contributed by atoms with Gasteiger partial charge in [-0.1, -0.05) is 52.2 Å². The van der Waals surface area contributed by atoms with Crippen LogP contribution in [0, 0.1) is 46.3 Å². The fraction of sp³-hybridized carbons (Fsp3) is 0.929. The van der Waals surface area contributed by atoms with E-state index in [-0.39, 0.29) is 5.41 Å². The quantitative estimate of drug-likeness (QED) is 0.472. The van der Waals surface area contributed by atoms with Gasteiger partial charge in [0.1, 0.15) is 0 Å². The van der Waals surface area contributed by atoms with Crippen molar-refractivity contribution in [2.24, 2.45) is 46.3 Å². The van der Waals surface area contributed by atoms with Crippen LogP contribution < -0.4 is 0 Å². The standard InChI is InChI=1S/C28H48O2/c1-19(2)7-8-20(3)23-11-12-24-22-10-9-21-17-26(4,29)15-16-28(21,18-30-6)25(22)13-14-27(23,24)5/h9,19-20,22-25,29H,7-8,10-18H2,1-6H3/t20-,22+,23-,24+,25+,26+,27-,28-/m1/s1. The van der Waals surface area contributed by atoms with Crippen LogP contribution in [0.1, 0.15) is 98.8 Å². The lowest BCUT2D eigenvalue weighted by Gasteiger charge is -2.60. The molecule has 8 atom stereocenters. The predicted octanol–water partition coefficient (Wildman–Crippen LogP) is 7.02. The third-order valence-electron chi connectivity index (χ3n) is 10.5. The first-order valence-corrected chi connectivity index (χ1v) is 13.0. The van der Waals surface area contributed by atoms with Gasteiger partial charge in [-0.25, -0.2) is 0 Å². The molecule has 4 aliphatic carbocycles. The van der Waals surface area contributed by atoms with Crippen LogP contribution in [-0.4, -0.2) is 24.4 Å². The summed E-state index contributed by atoms with van der Waals surface area (Å²) in [5.41, 5.74) is 1.74. The zero-order valence-electron chi connectivity index (χ0n) is 20.7. The SMILES string of the molecule is COC[C@]12CC[C@](C)(O)CC1=CC[C@@H]1[C@@H]2CC[C@]2(C)[C@@H]([C@H](C)CCC(C)C)CC[C@@H]12. The lowest BCUT2D eigenvalue weighted by molar-refractivity contribution is -0.0975. The maximum absolute atomic E-state index is 10.8. The van der Waals surface area contributed by atoms with E-state index in [4.69, 9.17) is 4.74 Å². The Hall–Kier alpha value is -0.340. The van der Waals surface area contributed by atoms with Crippen LogP contribution in [0.25, 0.3) is 0 Å². The highest BCUT2D eigenvalue weighted by Crippen LogP contribution is 2.67. The van der Waals surface area contributed by atoms with Gasteiger partial charge in [0, 0.05) is 12.5 Å². The molecule has 2 heteroatoms. The minimum absolute atomic E-state index is 0.197. The van der Waals surface area contributed by atoms with E-state index >= 15 is 0 Å². The van der Waals surface area contributed by atoms with E-state index in [9.17, 15) is 5.11 Å². The maximum atomic E-state index is 10.8. The Labute approximate surface area is 186 Å². The summed E-state index contributed by atoms with van der Waals surface area (Å²) in [5.74, 6) is 5.08. The van der Waals surface area contributed by atoms with Crippen LogP contribution in [0.3, 0.4) is 0 Å². The van der Waals surface area contributed by atoms with Gasteiger partial charge >= 0.3 is 0 Å². The first-order valence-electron chi connectivity index (χ1n) is 13.0. The van der Waals surface area contributed by atoms with Gasteiger partial charge in [-0.2, -0.15) is 0 Å². The Morgan fingerprint density at radius 1 is 1.03 bits per heavy atom. The summed E-state index contributed by atoms with van der Waals surface area (Å²) in [5, 5.41) is 10.8. The molecule has 0 unspecified atom stereocenters. The second-order valence-corrected chi connectivity index (χ2v) is 12.8. The number of rotatable bonds is 6. The van der Waals surface area contributed by atoms with Crippen LogP contribution in [0.2, 0.25) is 0 Å². The first-order chi connectivity index (χ1) is 14.1. The number of ether oxygens (including phenoxy) is 1. The van der Waals surface area contributed by atoms with Crippen molar-refractivity contribution in [1.29, 1.82) is 0 Å². The van der Waals surface area contributed by atoms with Crippen LogP contribution >= 0.6 is 0 Å². The Kier molecular flexibility index (Phi) is 6.26. The van der Waals surface area contributed by atoms with E-state index < -0.39 is 5.60 Å². The topological polar surface area (TPSA) is 29.5 Å². The molecule has 0 saturated heterocycles. The zero-order valence-corrected chi connectivity index (χ0v) is 20.7. The molecule has 0 aromatic rings. The van der Waals surface area contributed by atoms with Crippen molar-refractivity contribution in [2.45, 2.75) is 104 Å². The van der Waals surface area contributed by atoms with E-state index in [0.717, 1.165) is 61.4 Å². The molecule has 0 radical (unpaired) electrons. The molecule has 3 fully saturated rings. The lowest BCUT2D eigenvalue weighted by atomic mass is 9.46. The van der Waals surface area contributed by atoms with Crippen LogP contribution in [0.4, 0.5) is 0 Å². The number of methoxy groups -OCH3 is 1. The number of aliphatic hydroxyl groups is 1. The Morgan fingerprint density at radius 2 is 1.80 bits per heavy atom. The molecule has 0 amide bonds. The highest BCUT2D eigenvalue weighted by Gasteiger charge is 2.60. The Morgan fingerprint density at radius 3 is 2.50 bits per heavy atom. The van der Waals surface area contributed by atoms with Crippen molar-refractivity contribution in [2.75, 3.05) is 13.7 Å². The van der Waals surface area contributed by atoms with Gasteiger partial charge in [0.2, 0.25) is 0 Å². The van der Waals surface area contributed by atoms with Gasteiger partial charge in [0.15, 0.2) is 0 Å². The second-order valence-electron chi connectivity index (χ2n) is 12.8. The molecule has 0 bridgehead atoms. The van der Waals surface area contributed by atoms with Gasteiger partial charge in [-0.15, -0.1) is 0 Å². The van der Waals surface area contributed by atoms with Crippen molar-refractivity contribution in [3.8, 4) is 0 Å². The second kappa shape index (κ2) is 8.22. The monoisotopic (exact) mass is 416 g/mol. The summed E-state index contributed by atoms with van der Waals surface area (Å²) in [4.78, 5) is 0. The zero-order chi connectivity index (χ0) is 21.7. The third-order valence-corrected chi connectivity index (χ3v) is 10.5. The summed E-state index contributed by atoms with van der Waals surface area (Å²) < 4.78 is 5.89. The van der Waals surface area contributed by atoms with E-state index in [2.05, 4.69) is 33.8 Å². The molecule has 4 rings (SSSR count). The summed E-state index contributed by atoms with van der Waals surface area (Å²) >= 11 is 0.